The molecule has 1 aliphatic rings. The van der Waals surface area contributed by atoms with Gasteiger partial charge in [0, 0.05) is 15.3 Å². The fraction of sp³-hybridized carbons (Fsp3) is 0.600. The summed E-state index contributed by atoms with van der Waals surface area (Å²) in [6.07, 6.45) is 0. The largest absolute Gasteiger partial charge is 0.370 e. The van der Waals surface area contributed by atoms with Crippen molar-refractivity contribution in [3.8, 4) is 0 Å². The molecule has 0 aromatic carbocycles. The number of nitrogens with zero attached hydrogens (tertiary/aromatic N) is 1. The molecule has 1 fully saturated rings. The molecule has 5 nitrogen and oxygen atoms in total. The van der Waals surface area contributed by atoms with Crippen molar-refractivity contribution >= 4 is 34.4 Å². The van der Waals surface area contributed by atoms with Crippen molar-refractivity contribution in [1.82, 2.24) is 10.7 Å². The topological polar surface area (TPSA) is 50.1 Å². The van der Waals surface area contributed by atoms with Crippen molar-refractivity contribution in [2.45, 2.75) is 20.8 Å². The number of hydrogen-bond acceptors (Lipinski definition) is 4. The van der Waals surface area contributed by atoms with E-state index in [1.54, 1.807) is 16.2 Å². The Balaban J connectivity index is 1.72. The molecule has 7 heteroatoms. The molecule has 2 rings (SSSR count). The zero-order chi connectivity index (χ0) is 15.9. The zero-order valence-corrected chi connectivity index (χ0v) is 15.1. The molecule has 0 amide bonds. The van der Waals surface area contributed by atoms with Crippen LogP contribution in [0.4, 0.5) is 0 Å². The summed E-state index contributed by atoms with van der Waals surface area (Å²) in [5.41, 5.74) is 5.09. The summed E-state index contributed by atoms with van der Waals surface area (Å²) in [4.78, 5) is 4.15. The van der Waals surface area contributed by atoms with Gasteiger partial charge >= 0.3 is 0 Å². The number of thiophene rings is 1. The smallest absolute Gasteiger partial charge is 0.187 e. The van der Waals surface area contributed by atoms with Crippen LogP contribution in [0.1, 0.15) is 22.2 Å². The highest BCUT2D eigenvalue weighted by atomic mass is 32.1. The lowest BCUT2D eigenvalue weighted by Crippen LogP contribution is -3.14. The summed E-state index contributed by atoms with van der Waals surface area (Å²) >= 11 is 7.06. The van der Waals surface area contributed by atoms with Gasteiger partial charge in [0.1, 0.15) is 13.1 Å². The molecule has 2 heterocycles. The van der Waals surface area contributed by atoms with Crippen molar-refractivity contribution in [3.05, 3.63) is 21.4 Å². The average molecular weight is 342 g/mol. The molecule has 0 unspecified atom stereocenters. The van der Waals surface area contributed by atoms with Crippen molar-refractivity contribution < 1.29 is 9.64 Å². The number of hydrogen-bond donors (Lipinski definition) is 3. The third-order valence-corrected chi connectivity index (χ3v) is 4.92. The standard InChI is InChI=1S/C15H24N4OS2/c1-11-10-14(13(3)22-11)12(2)17-18-15(21)16-4-5-19-6-8-20-9-7-19/h10H,4-9H2,1-3H3,(H2,16,18,21)/p+1/b17-12-. The Morgan fingerprint density at radius 3 is 2.77 bits per heavy atom. The summed E-state index contributed by atoms with van der Waals surface area (Å²) in [7, 11) is 0. The summed E-state index contributed by atoms with van der Waals surface area (Å²) in [6, 6.07) is 2.17. The van der Waals surface area contributed by atoms with Crippen LogP contribution in [0.25, 0.3) is 0 Å². The second kappa shape index (κ2) is 8.57. The molecule has 0 spiro atoms. The minimum absolute atomic E-state index is 0.580. The predicted molar refractivity (Wildman–Crippen MR) is 96.1 cm³/mol. The Kier molecular flexibility index (Phi) is 6.75. The summed E-state index contributed by atoms with van der Waals surface area (Å²) in [6.45, 7) is 12.0. The molecular weight excluding hydrogens is 316 g/mol. The molecule has 0 saturated carbocycles. The number of rotatable bonds is 5. The van der Waals surface area contributed by atoms with Crippen molar-refractivity contribution in [2.75, 3.05) is 39.4 Å². The summed E-state index contributed by atoms with van der Waals surface area (Å²) < 4.78 is 5.35. The Labute approximate surface area is 141 Å². The van der Waals surface area contributed by atoms with E-state index >= 15 is 0 Å². The predicted octanol–water partition coefficient (Wildman–Crippen LogP) is 0.468. The molecule has 1 aliphatic heterocycles. The number of hydrazone groups is 1. The fourth-order valence-electron chi connectivity index (χ4n) is 2.49. The van der Waals surface area contributed by atoms with E-state index in [0.717, 1.165) is 45.1 Å². The van der Waals surface area contributed by atoms with E-state index in [-0.39, 0.29) is 0 Å². The Hall–Kier alpha value is -1.02. The van der Waals surface area contributed by atoms with Gasteiger partial charge in [0.25, 0.3) is 0 Å². The maximum atomic E-state index is 5.35. The summed E-state index contributed by atoms with van der Waals surface area (Å²) in [5.74, 6) is 0. The van der Waals surface area contributed by atoms with Gasteiger partial charge < -0.3 is 15.0 Å². The third kappa shape index (κ3) is 5.31. The molecule has 22 heavy (non-hydrogen) atoms. The molecular formula is C15H25N4OS2+. The van der Waals surface area contributed by atoms with Gasteiger partial charge in [0.05, 0.1) is 32.0 Å². The van der Waals surface area contributed by atoms with E-state index in [9.17, 15) is 0 Å². The molecule has 122 valence electrons. The van der Waals surface area contributed by atoms with Crippen molar-refractivity contribution in [1.29, 1.82) is 0 Å². The van der Waals surface area contributed by atoms with Gasteiger partial charge in [0.15, 0.2) is 5.11 Å². The van der Waals surface area contributed by atoms with Gasteiger partial charge in [-0.1, -0.05) is 0 Å². The third-order valence-electron chi connectivity index (χ3n) is 3.72. The van der Waals surface area contributed by atoms with E-state index in [1.807, 2.05) is 6.92 Å². The molecule has 1 aromatic heterocycles. The number of nitrogens with one attached hydrogen (secondary N) is 3. The Morgan fingerprint density at radius 1 is 1.41 bits per heavy atom. The summed E-state index contributed by atoms with van der Waals surface area (Å²) in [5, 5.41) is 8.17. The number of quaternary nitrogens is 1. The first-order chi connectivity index (χ1) is 10.6. The number of ether oxygens (including phenoxy) is 1. The van der Waals surface area contributed by atoms with Crippen LogP contribution in [0, 0.1) is 13.8 Å². The molecule has 1 saturated heterocycles. The molecule has 0 bridgehead atoms. The van der Waals surface area contributed by atoms with Gasteiger partial charge in [-0.3, -0.25) is 5.43 Å². The van der Waals surface area contributed by atoms with Crippen LogP contribution in [0.3, 0.4) is 0 Å². The molecule has 0 aliphatic carbocycles. The van der Waals surface area contributed by atoms with Gasteiger partial charge in [0.2, 0.25) is 0 Å². The van der Waals surface area contributed by atoms with Crippen LogP contribution in [0.2, 0.25) is 0 Å². The molecule has 0 atom stereocenters. The fourth-order valence-corrected chi connectivity index (χ4v) is 3.61. The van der Waals surface area contributed by atoms with Crippen LogP contribution in [0.5, 0.6) is 0 Å². The quantitative estimate of drug-likeness (QED) is 0.414. The lowest BCUT2D eigenvalue weighted by molar-refractivity contribution is -0.906. The van der Waals surface area contributed by atoms with E-state index in [0.29, 0.717) is 5.11 Å². The maximum absolute atomic E-state index is 5.35. The zero-order valence-electron chi connectivity index (χ0n) is 13.5. The maximum Gasteiger partial charge on any atom is 0.187 e. The van der Waals surface area contributed by atoms with E-state index < -0.39 is 0 Å². The normalized spacial score (nSPS) is 16.6. The highest BCUT2D eigenvalue weighted by Gasteiger charge is 2.12. The number of aryl methyl sites for hydroxylation is 2. The Morgan fingerprint density at radius 2 is 2.14 bits per heavy atom. The first-order valence-corrected chi connectivity index (χ1v) is 8.85. The van der Waals surface area contributed by atoms with Crippen LogP contribution in [0.15, 0.2) is 11.2 Å². The highest BCUT2D eigenvalue weighted by molar-refractivity contribution is 7.80. The molecule has 1 aromatic rings. The molecule has 3 N–H and O–H groups in total. The second-order valence-corrected chi connectivity index (χ2v) is 7.37. The van der Waals surface area contributed by atoms with Crippen molar-refractivity contribution in [3.63, 3.8) is 0 Å². The lowest BCUT2D eigenvalue weighted by atomic mass is 10.2. The minimum atomic E-state index is 0.580. The highest BCUT2D eigenvalue weighted by Crippen LogP contribution is 2.20. The number of thiocarbonyl (C=S) groups is 1. The SMILES string of the molecule is C/C(=N/NC(=S)NCC[NH+]1CCOCC1)c1cc(C)sc1C. The Bertz CT molecular complexity index is 536. The first-order valence-electron chi connectivity index (χ1n) is 7.63. The molecule has 0 radical (unpaired) electrons. The second-order valence-electron chi connectivity index (χ2n) is 5.50. The average Bonchev–Trinajstić information content (AvgIpc) is 2.84. The van der Waals surface area contributed by atoms with E-state index in [4.69, 9.17) is 17.0 Å². The van der Waals surface area contributed by atoms with Crippen LogP contribution in [-0.2, 0) is 4.74 Å². The lowest BCUT2D eigenvalue weighted by Gasteiger charge is -2.23. The van der Waals surface area contributed by atoms with Crippen LogP contribution in [-0.4, -0.2) is 50.2 Å². The van der Waals surface area contributed by atoms with Gasteiger partial charge in [-0.2, -0.15) is 5.10 Å². The van der Waals surface area contributed by atoms with E-state index in [2.05, 4.69) is 35.8 Å². The minimum Gasteiger partial charge on any atom is -0.370 e. The van der Waals surface area contributed by atoms with E-state index in [1.165, 1.54) is 15.3 Å². The van der Waals surface area contributed by atoms with Crippen LogP contribution < -0.4 is 15.6 Å². The van der Waals surface area contributed by atoms with Crippen molar-refractivity contribution in [2.24, 2.45) is 5.10 Å². The first kappa shape index (κ1) is 17.3. The van der Waals surface area contributed by atoms with Gasteiger partial charge in [-0.15, -0.1) is 11.3 Å². The van der Waals surface area contributed by atoms with Gasteiger partial charge in [-0.25, -0.2) is 0 Å². The van der Waals surface area contributed by atoms with Gasteiger partial charge in [-0.05, 0) is 39.1 Å². The number of morpholine rings is 1. The monoisotopic (exact) mass is 341 g/mol. The van der Waals surface area contributed by atoms with Crippen LogP contribution >= 0.6 is 23.6 Å².